The lowest BCUT2D eigenvalue weighted by molar-refractivity contribution is -0.140. The first-order valence-corrected chi connectivity index (χ1v) is 11.5. The highest BCUT2D eigenvalue weighted by Gasteiger charge is 2.34. The fourth-order valence-corrected chi connectivity index (χ4v) is 4.31. The smallest absolute Gasteiger partial charge is 0.419 e. The van der Waals surface area contributed by atoms with Crippen molar-refractivity contribution in [1.29, 1.82) is 0 Å². The van der Waals surface area contributed by atoms with Gasteiger partial charge in [-0.25, -0.2) is 4.39 Å². The van der Waals surface area contributed by atoms with Gasteiger partial charge in [0, 0.05) is 23.9 Å². The molecule has 4 nitrogen and oxygen atoms in total. The zero-order valence-corrected chi connectivity index (χ0v) is 19.5. The average molecular weight is 500 g/mol. The topological polar surface area (TPSA) is 62.5 Å². The van der Waals surface area contributed by atoms with E-state index in [4.69, 9.17) is 0 Å². The van der Waals surface area contributed by atoms with Gasteiger partial charge in [0.15, 0.2) is 5.75 Å². The summed E-state index contributed by atoms with van der Waals surface area (Å²) in [7, 11) is 0. The quantitative estimate of drug-likeness (QED) is 0.479. The van der Waals surface area contributed by atoms with E-state index >= 15 is 0 Å². The summed E-state index contributed by atoms with van der Waals surface area (Å²) in [5.74, 6) is -1.55. The number of alkyl halides is 3. The molecule has 2 atom stereocenters. The molecule has 0 saturated heterocycles. The second kappa shape index (κ2) is 10.1. The molecule has 36 heavy (non-hydrogen) atoms. The lowest BCUT2D eigenvalue weighted by Gasteiger charge is -2.19. The van der Waals surface area contributed by atoms with Gasteiger partial charge < -0.3 is 14.8 Å². The Morgan fingerprint density at radius 3 is 2.67 bits per heavy atom. The molecule has 0 bridgehead atoms. The monoisotopic (exact) mass is 499 g/mol. The van der Waals surface area contributed by atoms with Crippen LogP contribution in [0.2, 0.25) is 0 Å². The molecular weight excluding hydrogens is 474 g/mol. The highest BCUT2D eigenvalue weighted by Crippen LogP contribution is 2.33. The summed E-state index contributed by atoms with van der Waals surface area (Å²) in [5.41, 5.74) is 0.993. The normalized spacial score (nSPS) is 18.8. The molecule has 2 aliphatic rings. The van der Waals surface area contributed by atoms with Gasteiger partial charge in [0.05, 0.1) is 17.9 Å². The minimum absolute atomic E-state index is 0.0629. The molecule has 0 saturated carbocycles. The van der Waals surface area contributed by atoms with E-state index in [0.717, 1.165) is 29.7 Å². The number of pyridine rings is 1. The Labute approximate surface area is 205 Å². The summed E-state index contributed by atoms with van der Waals surface area (Å²) in [4.78, 5) is 12.2. The molecule has 188 valence electrons. The van der Waals surface area contributed by atoms with E-state index in [1.807, 2.05) is 18.2 Å². The summed E-state index contributed by atoms with van der Waals surface area (Å²) in [6, 6.07) is 3.38. The number of aromatic hydroxyl groups is 1. The van der Waals surface area contributed by atoms with Crippen molar-refractivity contribution in [3.05, 3.63) is 117 Å². The minimum atomic E-state index is -4.85. The van der Waals surface area contributed by atoms with Crippen LogP contribution < -0.4 is 5.43 Å². The predicted octanol–water partition coefficient (Wildman–Crippen LogP) is 6.24. The molecule has 8 heteroatoms. The molecule has 2 aliphatic carbocycles. The van der Waals surface area contributed by atoms with Gasteiger partial charge in [-0.05, 0) is 53.7 Å². The zero-order chi connectivity index (χ0) is 26.0. The van der Waals surface area contributed by atoms with Crippen LogP contribution in [-0.2, 0) is 12.6 Å². The molecule has 1 aromatic carbocycles. The first kappa shape index (κ1) is 25.4. The molecule has 2 N–H and O–H groups in total. The van der Waals surface area contributed by atoms with Crippen molar-refractivity contribution in [3.63, 3.8) is 0 Å². The van der Waals surface area contributed by atoms with Crippen molar-refractivity contribution in [2.45, 2.75) is 38.5 Å². The number of hydrogen-bond donors (Lipinski definition) is 2. The summed E-state index contributed by atoms with van der Waals surface area (Å²) >= 11 is 0. The van der Waals surface area contributed by atoms with Crippen LogP contribution in [0.3, 0.4) is 0 Å². The summed E-state index contributed by atoms with van der Waals surface area (Å²) in [5, 5.41) is 20.7. The first-order chi connectivity index (χ1) is 17.0. The van der Waals surface area contributed by atoms with E-state index in [1.54, 1.807) is 10.6 Å². The van der Waals surface area contributed by atoms with Gasteiger partial charge in [-0.15, -0.1) is 0 Å². The molecule has 2 unspecified atom stereocenters. The van der Waals surface area contributed by atoms with Gasteiger partial charge in [-0.2, -0.15) is 13.2 Å². The van der Waals surface area contributed by atoms with E-state index in [-0.39, 0.29) is 12.0 Å². The number of allylic oxidation sites excluding steroid dienone is 10. The Morgan fingerprint density at radius 1 is 1.19 bits per heavy atom. The summed E-state index contributed by atoms with van der Waals surface area (Å²) in [6.07, 6.45) is 10.3. The largest absolute Gasteiger partial charge is 0.503 e. The zero-order valence-electron chi connectivity index (χ0n) is 19.5. The van der Waals surface area contributed by atoms with Crippen LogP contribution in [0.4, 0.5) is 17.6 Å². The third-order valence-corrected chi connectivity index (χ3v) is 6.21. The molecule has 0 fully saturated rings. The molecule has 0 aliphatic heterocycles. The minimum Gasteiger partial charge on any atom is -0.503 e. The Hall–Kier alpha value is -3.65. The Kier molecular flexibility index (Phi) is 7.17. The van der Waals surface area contributed by atoms with Gasteiger partial charge >= 0.3 is 6.18 Å². The van der Waals surface area contributed by atoms with E-state index < -0.39 is 34.8 Å². The fraction of sp³-hybridized carbons (Fsp3) is 0.250. The maximum atomic E-state index is 14.0. The number of aliphatic hydroxyl groups excluding tert-OH is 1. The van der Waals surface area contributed by atoms with Crippen molar-refractivity contribution in [1.82, 2.24) is 4.57 Å². The van der Waals surface area contributed by atoms with E-state index in [2.05, 4.69) is 25.2 Å². The SMILES string of the molecule is CC1C=C(C2=CC=CC(n3cc(O)c(=O)cc3CC(O)c3ccc(C(F)(F)F)c(F)c3)=CC2)C=CC1. The third kappa shape index (κ3) is 5.60. The van der Waals surface area contributed by atoms with Crippen LogP contribution >= 0.6 is 0 Å². The fourth-order valence-electron chi connectivity index (χ4n) is 4.31. The van der Waals surface area contributed by atoms with Gasteiger partial charge in [0.1, 0.15) is 5.82 Å². The molecule has 1 heterocycles. The molecule has 1 aromatic heterocycles. The molecular formula is C28H25F4NO3. The number of nitrogens with zero attached hydrogens (tertiary/aromatic N) is 1. The molecule has 0 spiro atoms. The Balaban J connectivity index is 1.63. The third-order valence-electron chi connectivity index (χ3n) is 6.21. The average Bonchev–Trinajstić information content (AvgIpc) is 3.06. The van der Waals surface area contributed by atoms with Crippen molar-refractivity contribution in [2.24, 2.45) is 5.92 Å². The molecule has 4 rings (SSSR count). The van der Waals surface area contributed by atoms with Crippen LogP contribution in [0.15, 0.2) is 88.9 Å². The highest BCUT2D eigenvalue weighted by atomic mass is 19.4. The van der Waals surface area contributed by atoms with Crippen molar-refractivity contribution >= 4 is 5.70 Å². The second-order valence-electron chi connectivity index (χ2n) is 8.96. The number of halogens is 4. The van der Waals surface area contributed by atoms with Gasteiger partial charge in [0.2, 0.25) is 5.43 Å². The number of benzene rings is 1. The van der Waals surface area contributed by atoms with Gasteiger partial charge in [0.25, 0.3) is 0 Å². The number of aliphatic hydroxyl groups is 1. The maximum absolute atomic E-state index is 14.0. The van der Waals surface area contributed by atoms with Crippen LogP contribution in [0, 0.1) is 11.7 Å². The standard InChI is InChI=1S/C28H25F4NO3/c1-17-4-2-6-19(12-17)18-5-3-7-21(10-8-18)33-16-27(36)26(35)15-22(33)14-25(34)20-9-11-23(24(29)13-20)28(30,31)32/h2-3,5-7,9-13,15-17,25,34,36H,4,8,14H2,1H3. The number of aromatic nitrogens is 1. The first-order valence-electron chi connectivity index (χ1n) is 11.5. The van der Waals surface area contributed by atoms with Crippen LogP contribution in [0.25, 0.3) is 5.70 Å². The van der Waals surface area contributed by atoms with E-state index in [1.165, 1.54) is 6.20 Å². The van der Waals surface area contributed by atoms with Crippen molar-refractivity contribution in [3.8, 4) is 5.75 Å². The predicted molar refractivity (Wildman–Crippen MR) is 130 cm³/mol. The molecule has 2 aromatic rings. The van der Waals surface area contributed by atoms with Gasteiger partial charge in [-0.3, -0.25) is 4.79 Å². The summed E-state index contributed by atoms with van der Waals surface area (Å²) in [6.45, 7) is 2.14. The molecule has 0 radical (unpaired) electrons. The lowest BCUT2D eigenvalue weighted by atomic mass is 9.92. The van der Waals surface area contributed by atoms with E-state index in [0.29, 0.717) is 35.9 Å². The van der Waals surface area contributed by atoms with Crippen LogP contribution in [0.1, 0.15) is 42.7 Å². The second-order valence-corrected chi connectivity index (χ2v) is 8.96. The van der Waals surface area contributed by atoms with Gasteiger partial charge in [-0.1, -0.05) is 49.4 Å². The van der Waals surface area contributed by atoms with Crippen LogP contribution in [0.5, 0.6) is 5.75 Å². The molecule has 0 amide bonds. The van der Waals surface area contributed by atoms with E-state index in [9.17, 15) is 32.6 Å². The Bertz CT molecular complexity index is 1380. The Morgan fingerprint density at radius 2 is 1.97 bits per heavy atom. The van der Waals surface area contributed by atoms with Crippen LogP contribution in [-0.4, -0.2) is 14.8 Å². The number of hydrogen-bond acceptors (Lipinski definition) is 3. The summed E-state index contributed by atoms with van der Waals surface area (Å²) < 4.78 is 54.2. The highest BCUT2D eigenvalue weighted by molar-refractivity contribution is 5.63. The van der Waals surface area contributed by atoms with Crippen molar-refractivity contribution in [2.75, 3.05) is 0 Å². The maximum Gasteiger partial charge on any atom is 0.419 e. The van der Waals surface area contributed by atoms with Crippen molar-refractivity contribution < 1.29 is 27.8 Å². The number of rotatable bonds is 5. The lowest BCUT2D eigenvalue weighted by Crippen LogP contribution is -2.15.